The Morgan fingerprint density at radius 3 is 3.15 bits per heavy atom. The van der Waals surface area contributed by atoms with Crippen molar-refractivity contribution in [2.75, 3.05) is 11.1 Å². The van der Waals surface area contributed by atoms with Crippen molar-refractivity contribution in [2.24, 2.45) is 5.92 Å². The molecule has 1 aliphatic carbocycles. The summed E-state index contributed by atoms with van der Waals surface area (Å²) in [5.74, 6) is 0.617. The predicted octanol–water partition coefficient (Wildman–Crippen LogP) is 1.41. The smallest absolute Gasteiger partial charge is 0.232 e. The minimum absolute atomic E-state index is 0.0377. The lowest BCUT2D eigenvalue weighted by atomic mass is 9.93. The van der Waals surface area contributed by atoms with E-state index in [4.69, 9.17) is 5.73 Å². The molecule has 0 spiro atoms. The van der Waals surface area contributed by atoms with E-state index in [0.29, 0.717) is 16.7 Å². The second kappa shape index (κ2) is 5.20. The predicted molar refractivity (Wildman–Crippen MR) is 74.3 cm³/mol. The summed E-state index contributed by atoms with van der Waals surface area (Å²) in [6.45, 7) is 2.24. The zero-order valence-electron chi connectivity index (χ0n) is 11.0. The second-order valence-corrected chi connectivity index (χ2v) is 6.14. The maximum Gasteiger partial charge on any atom is 0.232 e. The molecule has 0 fully saturated rings. The van der Waals surface area contributed by atoms with Gasteiger partial charge in [0.15, 0.2) is 10.9 Å². The van der Waals surface area contributed by atoms with Crippen LogP contribution in [0.1, 0.15) is 29.6 Å². The summed E-state index contributed by atoms with van der Waals surface area (Å²) in [5, 5.41) is 10.4. The molecule has 3 N–H and O–H groups in total. The molecular formula is C12H15N5O2S. The van der Waals surface area contributed by atoms with Gasteiger partial charge >= 0.3 is 0 Å². The number of aromatic nitrogens is 3. The third-order valence-corrected chi connectivity index (χ3v) is 4.38. The molecule has 0 saturated heterocycles. The number of nitrogen functional groups attached to an aromatic ring is 1. The van der Waals surface area contributed by atoms with Crippen molar-refractivity contribution in [1.82, 2.24) is 15.3 Å². The number of thiazole rings is 1. The van der Waals surface area contributed by atoms with E-state index in [0.717, 1.165) is 25.0 Å². The van der Waals surface area contributed by atoms with Gasteiger partial charge < -0.3 is 11.1 Å². The average Bonchev–Trinajstić information content (AvgIpc) is 2.95. The molecule has 2 aromatic heterocycles. The Hall–Kier alpha value is -1.96. The lowest BCUT2D eigenvalue weighted by Crippen LogP contribution is -2.15. The number of nitrogens with zero attached hydrogens (tertiary/aromatic N) is 3. The molecule has 0 saturated carbocycles. The Labute approximate surface area is 119 Å². The van der Waals surface area contributed by atoms with E-state index >= 15 is 0 Å². The van der Waals surface area contributed by atoms with Crippen LogP contribution >= 0.6 is 11.3 Å². The first-order valence-electron chi connectivity index (χ1n) is 6.47. The summed E-state index contributed by atoms with van der Waals surface area (Å²) in [4.78, 5) is 17.7. The molecule has 106 valence electrons. The zero-order chi connectivity index (χ0) is 14.1. The van der Waals surface area contributed by atoms with Gasteiger partial charge in [-0.15, -0.1) is 11.3 Å². The van der Waals surface area contributed by atoms with Crippen LogP contribution in [-0.2, 0) is 24.1 Å². The molecule has 1 atom stereocenters. The molecule has 0 radical (unpaired) electrons. The maximum absolute atomic E-state index is 11.9. The van der Waals surface area contributed by atoms with Gasteiger partial charge in [-0.1, -0.05) is 12.1 Å². The highest BCUT2D eigenvalue weighted by Crippen LogP contribution is 2.32. The normalized spacial score (nSPS) is 17.8. The van der Waals surface area contributed by atoms with E-state index in [-0.39, 0.29) is 18.1 Å². The molecule has 20 heavy (non-hydrogen) atoms. The lowest BCUT2D eigenvalue weighted by Gasteiger charge is -2.15. The number of hydrogen-bond donors (Lipinski definition) is 2. The number of nitrogens with two attached hydrogens (primary N) is 1. The monoisotopic (exact) mass is 293 g/mol. The van der Waals surface area contributed by atoms with Crippen molar-refractivity contribution in [3.63, 3.8) is 0 Å². The molecule has 1 aliphatic rings. The van der Waals surface area contributed by atoms with Crippen LogP contribution in [-0.4, -0.2) is 21.2 Å². The Bertz CT molecular complexity index is 636. The van der Waals surface area contributed by atoms with Crippen molar-refractivity contribution < 1.29 is 9.42 Å². The fraction of sp³-hybridized carbons (Fsp3) is 0.500. The van der Waals surface area contributed by atoms with E-state index in [9.17, 15) is 4.79 Å². The fourth-order valence-corrected chi connectivity index (χ4v) is 3.43. The minimum Gasteiger partial charge on any atom is -0.379 e. The first-order chi connectivity index (χ1) is 9.61. The number of hydrogen-bond acceptors (Lipinski definition) is 7. The van der Waals surface area contributed by atoms with Gasteiger partial charge in [0.05, 0.1) is 12.1 Å². The number of rotatable bonds is 3. The molecule has 0 aliphatic heterocycles. The number of fused-ring (bicyclic) bond motifs is 1. The van der Waals surface area contributed by atoms with E-state index in [1.54, 1.807) is 11.3 Å². The van der Waals surface area contributed by atoms with Crippen LogP contribution in [0, 0.1) is 5.92 Å². The molecule has 0 unspecified atom stereocenters. The first kappa shape index (κ1) is 13.0. The molecule has 7 nitrogen and oxygen atoms in total. The minimum atomic E-state index is -0.216. The van der Waals surface area contributed by atoms with Crippen molar-refractivity contribution in [2.45, 2.75) is 32.6 Å². The van der Waals surface area contributed by atoms with Crippen LogP contribution in [0.4, 0.5) is 10.9 Å². The number of nitrogens with one attached hydrogen (secondary N) is 1. The quantitative estimate of drug-likeness (QED) is 0.886. The van der Waals surface area contributed by atoms with Gasteiger partial charge in [-0.25, -0.2) is 9.61 Å². The van der Waals surface area contributed by atoms with Crippen LogP contribution < -0.4 is 11.1 Å². The Morgan fingerprint density at radius 1 is 1.55 bits per heavy atom. The van der Waals surface area contributed by atoms with Crippen molar-refractivity contribution in [3.8, 4) is 0 Å². The van der Waals surface area contributed by atoms with Crippen molar-refractivity contribution >= 4 is 28.2 Å². The van der Waals surface area contributed by atoms with Gasteiger partial charge in [0.2, 0.25) is 5.91 Å². The Kier molecular flexibility index (Phi) is 3.39. The number of carbonyl (C=O) groups excluding carboxylic acids is 1. The van der Waals surface area contributed by atoms with Crippen molar-refractivity contribution in [1.29, 1.82) is 0 Å². The first-order valence-corrected chi connectivity index (χ1v) is 7.29. The molecule has 2 heterocycles. The van der Waals surface area contributed by atoms with E-state index in [1.165, 1.54) is 4.88 Å². The highest BCUT2D eigenvalue weighted by molar-refractivity contribution is 7.15. The summed E-state index contributed by atoms with van der Waals surface area (Å²) in [5.41, 5.74) is 6.98. The highest BCUT2D eigenvalue weighted by Gasteiger charge is 2.21. The molecule has 0 bridgehead atoms. The SMILES string of the molecule is C[C@H]1CCc2nc(NC(=O)Cc3nonc3N)sc2C1. The number of carbonyl (C=O) groups is 1. The lowest BCUT2D eigenvalue weighted by molar-refractivity contribution is -0.115. The summed E-state index contributed by atoms with van der Waals surface area (Å²) in [6, 6.07) is 0. The number of anilines is 2. The second-order valence-electron chi connectivity index (χ2n) is 5.06. The summed E-state index contributed by atoms with van der Waals surface area (Å²) in [7, 11) is 0. The van der Waals surface area contributed by atoms with Gasteiger partial charge in [-0.2, -0.15) is 0 Å². The fourth-order valence-electron chi connectivity index (χ4n) is 2.24. The van der Waals surface area contributed by atoms with Gasteiger partial charge in [0.25, 0.3) is 0 Å². The molecule has 2 aromatic rings. The number of aryl methyl sites for hydroxylation is 1. The van der Waals surface area contributed by atoms with Crippen molar-refractivity contribution in [3.05, 3.63) is 16.3 Å². The van der Waals surface area contributed by atoms with Crippen LogP contribution in [0.25, 0.3) is 0 Å². The summed E-state index contributed by atoms with van der Waals surface area (Å²) in [6.07, 6.45) is 3.23. The summed E-state index contributed by atoms with van der Waals surface area (Å²) >= 11 is 1.55. The number of amides is 1. The Morgan fingerprint density at radius 2 is 2.40 bits per heavy atom. The molecule has 0 aromatic carbocycles. The van der Waals surface area contributed by atoms with Gasteiger partial charge in [-0.3, -0.25) is 4.79 Å². The largest absolute Gasteiger partial charge is 0.379 e. The van der Waals surface area contributed by atoms with E-state index in [2.05, 4.69) is 32.2 Å². The van der Waals surface area contributed by atoms with Gasteiger partial charge in [0, 0.05) is 4.88 Å². The highest BCUT2D eigenvalue weighted by atomic mass is 32.1. The maximum atomic E-state index is 11.9. The van der Waals surface area contributed by atoms with Crippen LogP contribution in [0.3, 0.4) is 0 Å². The molecular weight excluding hydrogens is 278 g/mol. The average molecular weight is 293 g/mol. The molecule has 3 rings (SSSR count). The van der Waals surface area contributed by atoms with Gasteiger partial charge in [-0.05, 0) is 30.3 Å². The van der Waals surface area contributed by atoms with Crippen LogP contribution in [0.5, 0.6) is 0 Å². The zero-order valence-corrected chi connectivity index (χ0v) is 11.9. The van der Waals surface area contributed by atoms with E-state index in [1.807, 2.05) is 0 Å². The third-order valence-electron chi connectivity index (χ3n) is 3.35. The van der Waals surface area contributed by atoms with E-state index < -0.39 is 0 Å². The van der Waals surface area contributed by atoms with Gasteiger partial charge in [0.1, 0.15) is 5.69 Å². The summed E-state index contributed by atoms with van der Waals surface area (Å²) < 4.78 is 4.46. The van der Waals surface area contributed by atoms with Crippen LogP contribution in [0.15, 0.2) is 4.63 Å². The third kappa shape index (κ3) is 2.64. The molecule has 1 amide bonds. The van der Waals surface area contributed by atoms with Crippen LogP contribution in [0.2, 0.25) is 0 Å². The topological polar surface area (TPSA) is 107 Å². The Balaban J connectivity index is 1.66. The molecule has 8 heteroatoms. The standard InChI is InChI=1S/C12H15N5O2S/c1-6-2-3-7-9(4-6)20-12(14-7)15-10(18)5-8-11(13)17-19-16-8/h6H,2-5H2,1H3,(H2,13,17)(H,14,15,18)/t6-/m0/s1.